The highest BCUT2D eigenvalue weighted by atomic mass is 19.1. The second-order valence-electron chi connectivity index (χ2n) is 6.41. The molecule has 0 spiro atoms. The molecule has 0 N–H and O–H groups in total. The Kier molecular flexibility index (Phi) is 4.43. The Hall–Kier alpha value is -3.46. The zero-order valence-corrected chi connectivity index (χ0v) is 14.9. The van der Waals surface area contributed by atoms with E-state index in [9.17, 15) is 9.18 Å². The van der Waals surface area contributed by atoms with Gasteiger partial charge in [-0.05, 0) is 42.3 Å². The third kappa shape index (κ3) is 3.20. The van der Waals surface area contributed by atoms with Crippen LogP contribution in [-0.2, 0) is 0 Å². The summed E-state index contributed by atoms with van der Waals surface area (Å²) in [5.41, 5.74) is 4.89. The molecule has 3 heteroatoms. The smallest absolute Gasteiger partial charge is 0.185 e. The molecule has 0 saturated carbocycles. The summed E-state index contributed by atoms with van der Waals surface area (Å²) in [4.78, 5) is 12.8. The van der Waals surface area contributed by atoms with Crippen LogP contribution < -0.4 is 5.43 Å². The molecule has 2 nitrogen and oxygen atoms in total. The van der Waals surface area contributed by atoms with Crippen LogP contribution in [0, 0.1) is 12.7 Å². The molecular formula is C24H18FNO. The van der Waals surface area contributed by atoms with Crippen LogP contribution >= 0.6 is 0 Å². The van der Waals surface area contributed by atoms with Crippen molar-refractivity contribution in [2.75, 3.05) is 0 Å². The molecule has 0 radical (unpaired) electrons. The summed E-state index contributed by atoms with van der Waals surface area (Å²) in [6, 6.07) is 27.6. The van der Waals surface area contributed by atoms with E-state index in [1.165, 1.54) is 12.1 Å². The van der Waals surface area contributed by atoms with Crippen molar-refractivity contribution in [1.29, 1.82) is 0 Å². The molecule has 0 aliphatic rings. The molecule has 1 heterocycles. The van der Waals surface area contributed by atoms with Gasteiger partial charge in [-0.3, -0.25) is 4.79 Å². The van der Waals surface area contributed by atoms with Gasteiger partial charge in [-0.25, -0.2) is 4.39 Å². The van der Waals surface area contributed by atoms with Gasteiger partial charge in [0.15, 0.2) is 5.43 Å². The first-order chi connectivity index (χ1) is 13.1. The molecule has 0 bridgehead atoms. The Morgan fingerprint density at radius 2 is 1.30 bits per heavy atom. The van der Waals surface area contributed by atoms with Crippen LogP contribution in [0.3, 0.4) is 0 Å². The largest absolute Gasteiger partial charge is 0.309 e. The molecule has 0 unspecified atom stereocenters. The van der Waals surface area contributed by atoms with Crippen molar-refractivity contribution in [3.8, 4) is 28.2 Å². The van der Waals surface area contributed by atoms with E-state index in [1.54, 1.807) is 18.2 Å². The van der Waals surface area contributed by atoms with Gasteiger partial charge in [-0.1, -0.05) is 60.7 Å². The molecule has 0 amide bonds. The average molecular weight is 355 g/mol. The highest BCUT2D eigenvalue weighted by Gasteiger charge is 2.17. The fraction of sp³-hybridized carbons (Fsp3) is 0.0417. The quantitative estimate of drug-likeness (QED) is 0.467. The standard InChI is InChI=1S/C24H18FNO/c1-17-23(27)16-22(18-8-4-2-5-9-18)26(21-14-12-20(25)13-15-21)24(17)19-10-6-3-7-11-19/h2-16H,1H3. The molecule has 132 valence electrons. The summed E-state index contributed by atoms with van der Waals surface area (Å²) in [5.74, 6) is -0.293. The summed E-state index contributed by atoms with van der Waals surface area (Å²) in [6.45, 7) is 1.83. The van der Waals surface area contributed by atoms with Crippen LogP contribution in [0.1, 0.15) is 5.56 Å². The lowest BCUT2D eigenvalue weighted by atomic mass is 10.0. The molecule has 27 heavy (non-hydrogen) atoms. The Morgan fingerprint density at radius 3 is 1.89 bits per heavy atom. The van der Waals surface area contributed by atoms with Crippen LogP contribution in [0.15, 0.2) is 95.8 Å². The minimum atomic E-state index is -0.293. The van der Waals surface area contributed by atoms with E-state index in [0.717, 1.165) is 28.2 Å². The maximum Gasteiger partial charge on any atom is 0.185 e. The normalized spacial score (nSPS) is 10.7. The van der Waals surface area contributed by atoms with Crippen LogP contribution in [0.25, 0.3) is 28.2 Å². The maximum atomic E-state index is 13.5. The number of halogens is 1. The van der Waals surface area contributed by atoms with Crippen molar-refractivity contribution < 1.29 is 4.39 Å². The Morgan fingerprint density at radius 1 is 0.741 bits per heavy atom. The third-order valence-electron chi connectivity index (χ3n) is 4.66. The van der Waals surface area contributed by atoms with Gasteiger partial charge in [-0.15, -0.1) is 0 Å². The van der Waals surface area contributed by atoms with E-state index in [1.807, 2.05) is 72.2 Å². The van der Waals surface area contributed by atoms with E-state index in [4.69, 9.17) is 0 Å². The van der Waals surface area contributed by atoms with Gasteiger partial charge in [0.05, 0.1) is 11.4 Å². The summed E-state index contributed by atoms with van der Waals surface area (Å²) < 4.78 is 15.6. The van der Waals surface area contributed by atoms with Crippen molar-refractivity contribution in [1.82, 2.24) is 4.57 Å². The lowest BCUT2D eigenvalue weighted by Crippen LogP contribution is -2.15. The molecule has 0 saturated heterocycles. The predicted molar refractivity (Wildman–Crippen MR) is 108 cm³/mol. The van der Waals surface area contributed by atoms with Gasteiger partial charge in [-0.2, -0.15) is 0 Å². The van der Waals surface area contributed by atoms with Crippen molar-refractivity contribution in [2.24, 2.45) is 0 Å². The summed E-state index contributed by atoms with van der Waals surface area (Å²) in [5, 5.41) is 0. The van der Waals surface area contributed by atoms with E-state index in [0.29, 0.717) is 5.56 Å². The van der Waals surface area contributed by atoms with E-state index < -0.39 is 0 Å². The highest BCUT2D eigenvalue weighted by molar-refractivity contribution is 5.73. The molecule has 4 aromatic rings. The van der Waals surface area contributed by atoms with Crippen LogP contribution in [-0.4, -0.2) is 4.57 Å². The Labute approximate surface area is 157 Å². The van der Waals surface area contributed by atoms with Crippen molar-refractivity contribution in [2.45, 2.75) is 6.92 Å². The number of pyridine rings is 1. The summed E-state index contributed by atoms with van der Waals surface area (Å²) in [6.07, 6.45) is 0. The Bertz CT molecular complexity index is 1130. The lowest BCUT2D eigenvalue weighted by molar-refractivity contribution is 0.627. The molecule has 0 fully saturated rings. The van der Waals surface area contributed by atoms with Crippen molar-refractivity contribution in [3.63, 3.8) is 0 Å². The van der Waals surface area contributed by atoms with Crippen molar-refractivity contribution >= 4 is 0 Å². The number of hydrogen-bond donors (Lipinski definition) is 0. The van der Waals surface area contributed by atoms with E-state index in [-0.39, 0.29) is 11.2 Å². The monoisotopic (exact) mass is 355 g/mol. The van der Waals surface area contributed by atoms with Gasteiger partial charge in [0.2, 0.25) is 0 Å². The highest BCUT2D eigenvalue weighted by Crippen LogP contribution is 2.31. The molecular weight excluding hydrogens is 337 g/mol. The fourth-order valence-corrected chi connectivity index (χ4v) is 3.32. The van der Waals surface area contributed by atoms with Crippen LogP contribution in [0.5, 0.6) is 0 Å². The average Bonchev–Trinajstić information content (AvgIpc) is 2.71. The van der Waals surface area contributed by atoms with Crippen molar-refractivity contribution in [3.05, 3.63) is 113 Å². The minimum absolute atomic E-state index is 0.0222. The first-order valence-corrected chi connectivity index (χ1v) is 8.78. The molecule has 1 aromatic heterocycles. The molecule has 4 rings (SSSR count). The second-order valence-corrected chi connectivity index (χ2v) is 6.41. The van der Waals surface area contributed by atoms with Gasteiger partial charge in [0.1, 0.15) is 5.82 Å². The second kappa shape index (κ2) is 7.04. The molecule has 0 aliphatic carbocycles. The first kappa shape index (κ1) is 17.0. The van der Waals surface area contributed by atoms with E-state index in [2.05, 4.69) is 0 Å². The molecule has 0 aliphatic heterocycles. The number of aromatic nitrogens is 1. The van der Waals surface area contributed by atoms with Crippen LogP contribution in [0.4, 0.5) is 4.39 Å². The number of benzene rings is 3. The number of rotatable bonds is 3. The topological polar surface area (TPSA) is 22.0 Å². The van der Waals surface area contributed by atoms with E-state index >= 15 is 0 Å². The third-order valence-corrected chi connectivity index (χ3v) is 4.66. The summed E-state index contributed by atoms with van der Waals surface area (Å²) >= 11 is 0. The van der Waals surface area contributed by atoms with Gasteiger partial charge < -0.3 is 4.57 Å². The fourth-order valence-electron chi connectivity index (χ4n) is 3.32. The molecule has 0 atom stereocenters. The Balaban J connectivity index is 2.13. The number of nitrogens with zero attached hydrogens (tertiary/aromatic N) is 1. The van der Waals surface area contributed by atoms with Gasteiger partial charge >= 0.3 is 0 Å². The summed E-state index contributed by atoms with van der Waals surface area (Å²) in [7, 11) is 0. The van der Waals surface area contributed by atoms with Crippen LogP contribution in [0.2, 0.25) is 0 Å². The zero-order chi connectivity index (χ0) is 18.8. The first-order valence-electron chi connectivity index (χ1n) is 8.78. The maximum absolute atomic E-state index is 13.5. The SMILES string of the molecule is Cc1c(-c2ccccc2)n(-c2ccc(F)cc2)c(-c2ccccc2)cc1=O. The van der Waals surface area contributed by atoms with Gasteiger partial charge in [0.25, 0.3) is 0 Å². The predicted octanol–water partition coefficient (Wildman–Crippen LogP) is 5.62. The number of hydrogen-bond acceptors (Lipinski definition) is 1. The zero-order valence-electron chi connectivity index (χ0n) is 14.9. The van der Waals surface area contributed by atoms with Gasteiger partial charge in [0, 0.05) is 17.3 Å². The minimum Gasteiger partial charge on any atom is -0.309 e. The lowest BCUT2D eigenvalue weighted by Gasteiger charge is -2.21. The molecule has 3 aromatic carbocycles.